The van der Waals surface area contributed by atoms with Gasteiger partial charge in [-0.2, -0.15) is 0 Å². The molecule has 0 aromatic heterocycles. The maximum atomic E-state index is 12.5. The molecule has 98 valence electrons. The van der Waals surface area contributed by atoms with Crippen molar-refractivity contribution in [2.45, 2.75) is 51.2 Å². The zero-order valence-corrected chi connectivity index (χ0v) is 11.1. The summed E-state index contributed by atoms with van der Waals surface area (Å²) in [5.41, 5.74) is 0. The van der Waals surface area contributed by atoms with Crippen LogP contribution in [-0.4, -0.2) is 49.2 Å². The molecule has 2 heterocycles. The molecule has 0 radical (unpaired) electrons. The first-order valence-corrected chi connectivity index (χ1v) is 6.69. The van der Waals surface area contributed by atoms with Gasteiger partial charge in [0, 0.05) is 31.8 Å². The zero-order valence-electron chi connectivity index (χ0n) is 11.1. The molecular formula is C13H24N2O2. The second-order valence-corrected chi connectivity index (χ2v) is 5.51. The van der Waals surface area contributed by atoms with Crippen LogP contribution in [0.1, 0.15) is 33.1 Å². The maximum Gasteiger partial charge on any atom is 0.227 e. The SMILES string of the molecule is COCCN(C(=O)C1CC2CCC1N2)C(C)C. The highest BCUT2D eigenvalue weighted by atomic mass is 16.5. The predicted octanol–water partition coefficient (Wildman–Crippen LogP) is 1.01. The van der Waals surface area contributed by atoms with Gasteiger partial charge in [0.25, 0.3) is 0 Å². The first-order valence-electron chi connectivity index (χ1n) is 6.69. The van der Waals surface area contributed by atoms with Gasteiger partial charge in [-0.3, -0.25) is 4.79 Å². The fourth-order valence-electron chi connectivity index (χ4n) is 3.12. The van der Waals surface area contributed by atoms with Crippen molar-refractivity contribution in [1.29, 1.82) is 0 Å². The van der Waals surface area contributed by atoms with Crippen LogP contribution < -0.4 is 5.32 Å². The minimum Gasteiger partial charge on any atom is -0.383 e. The lowest BCUT2D eigenvalue weighted by molar-refractivity contribution is -0.138. The first-order chi connectivity index (χ1) is 8.13. The summed E-state index contributed by atoms with van der Waals surface area (Å²) in [5, 5.41) is 3.53. The number of fused-ring (bicyclic) bond motifs is 2. The third-order valence-electron chi connectivity index (χ3n) is 4.06. The van der Waals surface area contributed by atoms with Crippen LogP contribution in [0.3, 0.4) is 0 Å². The molecule has 4 heteroatoms. The third kappa shape index (κ3) is 2.63. The molecule has 1 N–H and O–H groups in total. The van der Waals surface area contributed by atoms with Crippen molar-refractivity contribution in [3.8, 4) is 0 Å². The number of carbonyl (C=O) groups excluding carboxylic acids is 1. The molecule has 2 saturated heterocycles. The van der Waals surface area contributed by atoms with Crippen LogP contribution in [0.4, 0.5) is 0 Å². The van der Waals surface area contributed by atoms with E-state index < -0.39 is 0 Å². The number of ether oxygens (including phenoxy) is 1. The first kappa shape index (κ1) is 12.8. The highest BCUT2D eigenvalue weighted by Crippen LogP contribution is 2.34. The lowest BCUT2D eigenvalue weighted by Gasteiger charge is -2.31. The molecule has 2 fully saturated rings. The molecule has 3 unspecified atom stereocenters. The van der Waals surface area contributed by atoms with E-state index in [0.717, 1.165) is 12.8 Å². The highest BCUT2D eigenvalue weighted by molar-refractivity contribution is 5.80. The van der Waals surface area contributed by atoms with Crippen molar-refractivity contribution in [3.05, 3.63) is 0 Å². The van der Waals surface area contributed by atoms with Gasteiger partial charge in [-0.25, -0.2) is 0 Å². The Balaban J connectivity index is 1.96. The number of rotatable bonds is 5. The fourth-order valence-corrected chi connectivity index (χ4v) is 3.12. The molecule has 4 nitrogen and oxygen atoms in total. The van der Waals surface area contributed by atoms with Gasteiger partial charge in [-0.15, -0.1) is 0 Å². The van der Waals surface area contributed by atoms with Gasteiger partial charge in [-0.05, 0) is 33.1 Å². The van der Waals surface area contributed by atoms with Crippen molar-refractivity contribution >= 4 is 5.91 Å². The molecule has 2 aliphatic heterocycles. The van der Waals surface area contributed by atoms with Gasteiger partial charge in [0.2, 0.25) is 5.91 Å². The zero-order chi connectivity index (χ0) is 12.4. The summed E-state index contributed by atoms with van der Waals surface area (Å²) < 4.78 is 5.09. The van der Waals surface area contributed by atoms with E-state index >= 15 is 0 Å². The number of carbonyl (C=O) groups is 1. The van der Waals surface area contributed by atoms with Crippen LogP contribution in [-0.2, 0) is 9.53 Å². The summed E-state index contributed by atoms with van der Waals surface area (Å²) >= 11 is 0. The predicted molar refractivity (Wildman–Crippen MR) is 66.8 cm³/mol. The van der Waals surface area contributed by atoms with Crippen LogP contribution in [0, 0.1) is 5.92 Å². The second kappa shape index (κ2) is 5.36. The van der Waals surface area contributed by atoms with Crippen LogP contribution in [0.5, 0.6) is 0 Å². The minimum absolute atomic E-state index is 0.202. The van der Waals surface area contributed by atoms with Crippen LogP contribution in [0.15, 0.2) is 0 Å². The summed E-state index contributed by atoms with van der Waals surface area (Å²) in [7, 11) is 1.68. The Bertz CT molecular complexity index is 281. The van der Waals surface area contributed by atoms with E-state index in [2.05, 4.69) is 19.2 Å². The molecular weight excluding hydrogens is 216 g/mol. The van der Waals surface area contributed by atoms with Crippen molar-refractivity contribution in [3.63, 3.8) is 0 Å². The number of nitrogens with one attached hydrogen (secondary N) is 1. The largest absolute Gasteiger partial charge is 0.383 e. The number of hydrogen-bond acceptors (Lipinski definition) is 3. The molecule has 0 saturated carbocycles. The van der Waals surface area contributed by atoms with Crippen molar-refractivity contribution in [2.24, 2.45) is 5.92 Å². The van der Waals surface area contributed by atoms with E-state index in [4.69, 9.17) is 4.74 Å². The van der Waals surface area contributed by atoms with E-state index in [0.29, 0.717) is 31.1 Å². The molecule has 2 bridgehead atoms. The monoisotopic (exact) mass is 240 g/mol. The van der Waals surface area contributed by atoms with E-state index in [1.54, 1.807) is 7.11 Å². The van der Waals surface area contributed by atoms with Gasteiger partial charge < -0.3 is 15.0 Å². The second-order valence-electron chi connectivity index (χ2n) is 5.51. The Morgan fingerprint density at radius 2 is 2.24 bits per heavy atom. The number of nitrogens with zero attached hydrogens (tertiary/aromatic N) is 1. The molecule has 3 atom stereocenters. The fraction of sp³-hybridized carbons (Fsp3) is 0.923. The molecule has 2 rings (SSSR count). The van der Waals surface area contributed by atoms with E-state index in [1.165, 1.54) is 6.42 Å². The number of amides is 1. The minimum atomic E-state index is 0.202. The van der Waals surface area contributed by atoms with E-state index in [1.807, 2.05) is 4.90 Å². The molecule has 1 amide bonds. The Labute approximate surface area is 104 Å². The molecule has 0 aromatic carbocycles. The van der Waals surface area contributed by atoms with E-state index in [-0.39, 0.29) is 12.0 Å². The normalized spacial score (nSPS) is 31.2. The standard InChI is InChI=1S/C13H24N2O2/c1-9(2)15(6-7-17-3)13(16)11-8-10-4-5-12(11)14-10/h9-12,14H,4-8H2,1-3H3. The summed E-state index contributed by atoms with van der Waals surface area (Å²) in [6.07, 6.45) is 3.44. The molecule has 17 heavy (non-hydrogen) atoms. The maximum absolute atomic E-state index is 12.5. The molecule has 0 aliphatic carbocycles. The van der Waals surface area contributed by atoms with Crippen molar-refractivity contribution in [2.75, 3.05) is 20.3 Å². The van der Waals surface area contributed by atoms with Gasteiger partial charge >= 0.3 is 0 Å². The molecule has 0 spiro atoms. The van der Waals surface area contributed by atoms with Crippen molar-refractivity contribution < 1.29 is 9.53 Å². The van der Waals surface area contributed by atoms with Crippen LogP contribution in [0.2, 0.25) is 0 Å². The number of methoxy groups -OCH3 is 1. The van der Waals surface area contributed by atoms with Gasteiger partial charge in [-0.1, -0.05) is 0 Å². The Morgan fingerprint density at radius 1 is 1.47 bits per heavy atom. The Morgan fingerprint density at radius 3 is 2.71 bits per heavy atom. The topological polar surface area (TPSA) is 41.6 Å². The summed E-state index contributed by atoms with van der Waals surface area (Å²) in [6.45, 7) is 5.49. The average Bonchev–Trinajstić information content (AvgIpc) is 2.90. The van der Waals surface area contributed by atoms with Gasteiger partial charge in [0.05, 0.1) is 12.5 Å². The van der Waals surface area contributed by atoms with Gasteiger partial charge in [0.15, 0.2) is 0 Å². The quantitative estimate of drug-likeness (QED) is 0.780. The lowest BCUT2D eigenvalue weighted by Crippen LogP contribution is -2.45. The van der Waals surface area contributed by atoms with Gasteiger partial charge in [0.1, 0.15) is 0 Å². The molecule has 0 aromatic rings. The van der Waals surface area contributed by atoms with E-state index in [9.17, 15) is 4.79 Å². The average molecular weight is 240 g/mol. The smallest absolute Gasteiger partial charge is 0.227 e. The summed E-state index contributed by atoms with van der Waals surface area (Å²) in [4.78, 5) is 14.5. The Kier molecular flexibility index (Phi) is 4.05. The van der Waals surface area contributed by atoms with Crippen LogP contribution in [0.25, 0.3) is 0 Å². The third-order valence-corrected chi connectivity index (χ3v) is 4.06. The Hall–Kier alpha value is -0.610. The number of hydrogen-bond donors (Lipinski definition) is 1. The lowest BCUT2D eigenvalue weighted by atomic mass is 9.88. The molecule has 2 aliphatic rings. The highest BCUT2D eigenvalue weighted by Gasteiger charge is 2.44. The van der Waals surface area contributed by atoms with Crippen LogP contribution >= 0.6 is 0 Å². The summed E-state index contributed by atoms with van der Waals surface area (Å²) in [6, 6.07) is 1.28. The van der Waals surface area contributed by atoms with Crippen molar-refractivity contribution in [1.82, 2.24) is 10.2 Å². The summed E-state index contributed by atoms with van der Waals surface area (Å²) in [5.74, 6) is 0.518.